The zero-order valence-corrected chi connectivity index (χ0v) is 13.6. The average Bonchev–Trinajstić information content (AvgIpc) is 2.38. The maximum atomic E-state index is 12.4. The predicted octanol–water partition coefficient (Wildman–Crippen LogP) is 3.66. The Hall–Kier alpha value is -1.29. The number of unbranched alkanes of at least 4 members (excludes halogenated alkanes) is 1. The summed E-state index contributed by atoms with van der Waals surface area (Å²) in [6, 6.07) is 6.96. The SMILES string of the molecule is CCCCNC(=CS(=O)(=O)c1ccc(C)cc1)C(C)C. The van der Waals surface area contributed by atoms with Crippen LogP contribution in [0.15, 0.2) is 40.3 Å². The fraction of sp³-hybridized carbons (Fsp3) is 0.500. The molecule has 20 heavy (non-hydrogen) atoms. The van der Waals surface area contributed by atoms with Gasteiger partial charge in [0.25, 0.3) is 0 Å². The smallest absolute Gasteiger partial charge is 0.201 e. The van der Waals surface area contributed by atoms with Crippen LogP contribution in [0, 0.1) is 12.8 Å². The van der Waals surface area contributed by atoms with Gasteiger partial charge >= 0.3 is 0 Å². The molecule has 0 atom stereocenters. The minimum Gasteiger partial charge on any atom is -0.388 e. The van der Waals surface area contributed by atoms with Gasteiger partial charge in [-0.15, -0.1) is 0 Å². The lowest BCUT2D eigenvalue weighted by atomic mass is 10.1. The molecule has 0 aliphatic carbocycles. The Labute approximate surface area is 123 Å². The number of allylic oxidation sites excluding steroid dienone is 1. The summed E-state index contributed by atoms with van der Waals surface area (Å²) in [5.74, 6) is 0.159. The quantitative estimate of drug-likeness (QED) is 0.781. The van der Waals surface area contributed by atoms with E-state index in [9.17, 15) is 8.42 Å². The largest absolute Gasteiger partial charge is 0.388 e. The Morgan fingerprint density at radius 3 is 2.35 bits per heavy atom. The second-order valence-corrected chi connectivity index (χ2v) is 7.16. The van der Waals surface area contributed by atoms with Gasteiger partial charge in [0.2, 0.25) is 9.84 Å². The normalized spacial score (nSPS) is 12.8. The van der Waals surface area contributed by atoms with Crippen molar-refractivity contribution in [2.24, 2.45) is 5.92 Å². The first kappa shape index (κ1) is 16.8. The Bertz CT molecular complexity index is 542. The first-order valence-corrected chi connectivity index (χ1v) is 8.68. The Kier molecular flexibility index (Phi) is 6.27. The number of sulfone groups is 1. The van der Waals surface area contributed by atoms with Crippen molar-refractivity contribution in [3.05, 3.63) is 40.9 Å². The lowest BCUT2D eigenvalue weighted by Gasteiger charge is -2.14. The minimum atomic E-state index is -3.38. The van der Waals surface area contributed by atoms with Crippen molar-refractivity contribution in [1.82, 2.24) is 5.32 Å². The van der Waals surface area contributed by atoms with Crippen LogP contribution in [0.5, 0.6) is 0 Å². The fourth-order valence-electron chi connectivity index (χ4n) is 1.75. The number of nitrogens with one attached hydrogen (secondary N) is 1. The molecule has 0 amide bonds. The highest BCUT2D eigenvalue weighted by Crippen LogP contribution is 2.17. The Balaban J connectivity index is 2.98. The second kappa shape index (κ2) is 7.48. The van der Waals surface area contributed by atoms with Gasteiger partial charge in [0, 0.05) is 12.2 Å². The fourth-order valence-corrected chi connectivity index (χ4v) is 3.10. The van der Waals surface area contributed by atoms with Gasteiger partial charge in [-0.25, -0.2) is 8.42 Å². The Morgan fingerprint density at radius 1 is 1.25 bits per heavy atom. The van der Waals surface area contributed by atoms with Gasteiger partial charge in [-0.2, -0.15) is 0 Å². The number of benzene rings is 1. The molecule has 0 bridgehead atoms. The molecule has 1 rings (SSSR count). The molecule has 1 N–H and O–H groups in total. The van der Waals surface area contributed by atoms with Gasteiger partial charge in [0.1, 0.15) is 0 Å². The molecule has 112 valence electrons. The van der Waals surface area contributed by atoms with E-state index < -0.39 is 9.84 Å². The van der Waals surface area contributed by atoms with Crippen molar-refractivity contribution in [3.63, 3.8) is 0 Å². The van der Waals surface area contributed by atoms with Gasteiger partial charge in [-0.05, 0) is 31.4 Å². The van der Waals surface area contributed by atoms with Crippen molar-refractivity contribution in [2.75, 3.05) is 6.54 Å². The average molecular weight is 295 g/mol. The second-order valence-electron chi connectivity index (χ2n) is 5.37. The van der Waals surface area contributed by atoms with Crippen LogP contribution >= 0.6 is 0 Å². The summed E-state index contributed by atoms with van der Waals surface area (Å²) in [6.07, 6.45) is 2.12. The van der Waals surface area contributed by atoms with Crippen LogP contribution in [0.4, 0.5) is 0 Å². The third-order valence-electron chi connectivity index (χ3n) is 3.11. The molecule has 0 aliphatic rings. The zero-order chi connectivity index (χ0) is 15.2. The molecule has 0 fully saturated rings. The van der Waals surface area contributed by atoms with E-state index in [4.69, 9.17) is 0 Å². The van der Waals surface area contributed by atoms with E-state index in [0.717, 1.165) is 30.6 Å². The first-order chi connectivity index (χ1) is 9.36. The molecule has 0 aromatic heterocycles. The van der Waals surface area contributed by atoms with E-state index >= 15 is 0 Å². The number of rotatable bonds is 7. The van der Waals surface area contributed by atoms with Gasteiger partial charge in [-0.3, -0.25) is 0 Å². The minimum absolute atomic E-state index is 0.159. The first-order valence-electron chi connectivity index (χ1n) is 7.14. The third-order valence-corrected chi connectivity index (χ3v) is 4.61. The van der Waals surface area contributed by atoms with Gasteiger partial charge in [0.15, 0.2) is 0 Å². The van der Waals surface area contributed by atoms with E-state index in [-0.39, 0.29) is 5.92 Å². The highest BCUT2D eigenvalue weighted by atomic mass is 32.2. The van der Waals surface area contributed by atoms with Gasteiger partial charge in [0.05, 0.1) is 10.3 Å². The van der Waals surface area contributed by atoms with E-state index in [1.54, 1.807) is 12.1 Å². The van der Waals surface area contributed by atoms with Crippen LogP contribution in [-0.4, -0.2) is 15.0 Å². The maximum absolute atomic E-state index is 12.4. The number of aryl methyl sites for hydroxylation is 1. The molecule has 1 aromatic carbocycles. The molecular formula is C16H25NO2S. The molecule has 1 aromatic rings. The molecule has 0 saturated carbocycles. The van der Waals surface area contributed by atoms with Gasteiger partial charge < -0.3 is 5.32 Å². The van der Waals surface area contributed by atoms with E-state index in [1.165, 1.54) is 5.41 Å². The van der Waals surface area contributed by atoms with Crippen LogP contribution in [0.3, 0.4) is 0 Å². The standard InChI is InChI=1S/C16H25NO2S/c1-5-6-11-17-16(13(2)3)12-20(18,19)15-9-7-14(4)8-10-15/h7-10,12-13,17H,5-6,11H2,1-4H3. The lowest BCUT2D eigenvalue weighted by Crippen LogP contribution is -2.20. The van der Waals surface area contributed by atoms with Crippen molar-refractivity contribution in [2.45, 2.75) is 45.4 Å². The van der Waals surface area contributed by atoms with Crippen LogP contribution in [0.2, 0.25) is 0 Å². The molecule has 0 heterocycles. The highest BCUT2D eigenvalue weighted by Gasteiger charge is 2.14. The molecule has 0 unspecified atom stereocenters. The van der Waals surface area contributed by atoms with Crippen LogP contribution in [-0.2, 0) is 9.84 Å². The molecule has 0 radical (unpaired) electrons. The third kappa shape index (κ3) is 5.00. The Morgan fingerprint density at radius 2 is 1.85 bits per heavy atom. The summed E-state index contributed by atoms with van der Waals surface area (Å²) in [5.41, 5.74) is 1.83. The molecule has 3 nitrogen and oxygen atoms in total. The molecule has 0 aliphatic heterocycles. The summed E-state index contributed by atoms with van der Waals surface area (Å²) in [4.78, 5) is 0.346. The van der Waals surface area contributed by atoms with Crippen LogP contribution < -0.4 is 5.32 Å². The van der Waals surface area contributed by atoms with Crippen LogP contribution in [0.25, 0.3) is 0 Å². The topological polar surface area (TPSA) is 46.2 Å². The highest BCUT2D eigenvalue weighted by molar-refractivity contribution is 7.94. The van der Waals surface area contributed by atoms with Gasteiger partial charge in [-0.1, -0.05) is 44.9 Å². The predicted molar refractivity (Wildman–Crippen MR) is 84.2 cm³/mol. The molecule has 0 spiro atoms. The summed E-state index contributed by atoms with van der Waals surface area (Å²) in [6.45, 7) is 8.86. The van der Waals surface area contributed by atoms with E-state index in [0.29, 0.717) is 4.90 Å². The van der Waals surface area contributed by atoms with Crippen molar-refractivity contribution >= 4 is 9.84 Å². The van der Waals surface area contributed by atoms with Crippen molar-refractivity contribution < 1.29 is 8.42 Å². The molecule has 0 saturated heterocycles. The summed E-state index contributed by atoms with van der Waals surface area (Å²) >= 11 is 0. The summed E-state index contributed by atoms with van der Waals surface area (Å²) in [5, 5.41) is 4.61. The van der Waals surface area contributed by atoms with Crippen LogP contribution in [0.1, 0.15) is 39.2 Å². The summed E-state index contributed by atoms with van der Waals surface area (Å²) in [7, 11) is -3.38. The molecular weight excluding hydrogens is 270 g/mol. The maximum Gasteiger partial charge on any atom is 0.201 e. The summed E-state index contributed by atoms with van der Waals surface area (Å²) < 4.78 is 24.7. The number of hydrogen-bond acceptors (Lipinski definition) is 3. The monoisotopic (exact) mass is 295 g/mol. The number of hydrogen-bond donors (Lipinski definition) is 1. The van der Waals surface area contributed by atoms with Crippen molar-refractivity contribution in [1.29, 1.82) is 0 Å². The van der Waals surface area contributed by atoms with E-state index in [2.05, 4.69) is 12.2 Å². The lowest BCUT2D eigenvalue weighted by molar-refractivity contribution is 0.598. The van der Waals surface area contributed by atoms with E-state index in [1.807, 2.05) is 32.9 Å². The zero-order valence-electron chi connectivity index (χ0n) is 12.8. The van der Waals surface area contributed by atoms with Crippen molar-refractivity contribution in [3.8, 4) is 0 Å². The molecule has 4 heteroatoms.